The van der Waals surface area contributed by atoms with Gasteiger partial charge in [-0.1, -0.05) is 26.0 Å². The zero-order chi connectivity index (χ0) is 15.3. The topological polar surface area (TPSA) is 69.6 Å². The molecule has 0 spiro atoms. The Morgan fingerprint density at radius 3 is 2.71 bits per heavy atom. The summed E-state index contributed by atoms with van der Waals surface area (Å²) in [5.74, 6) is 0.368. The van der Waals surface area contributed by atoms with Crippen molar-refractivity contribution in [3.05, 3.63) is 34.4 Å². The lowest BCUT2D eigenvalue weighted by molar-refractivity contribution is 0.0920. The van der Waals surface area contributed by atoms with E-state index >= 15 is 0 Å². The van der Waals surface area contributed by atoms with Crippen molar-refractivity contribution in [3.63, 3.8) is 0 Å². The van der Waals surface area contributed by atoms with Crippen LogP contribution < -0.4 is 5.32 Å². The number of amides is 2. The van der Waals surface area contributed by atoms with E-state index < -0.39 is 6.09 Å². The fourth-order valence-corrected chi connectivity index (χ4v) is 3.44. The highest BCUT2D eigenvalue weighted by atomic mass is 16.4. The molecule has 2 heterocycles. The largest absolute Gasteiger partial charge is 0.465 e. The van der Waals surface area contributed by atoms with Gasteiger partial charge in [-0.15, -0.1) is 0 Å². The third-order valence-corrected chi connectivity index (χ3v) is 4.59. The van der Waals surface area contributed by atoms with E-state index in [0.717, 1.165) is 16.7 Å². The minimum Gasteiger partial charge on any atom is -0.465 e. The maximum atomic E-state index is 12.3. The Balaban J connectivity index is 2.08. The van der Waals surface area contributed by atoms with Crippen molar-refractivity contribution in [2.45, 2.75) is 38.6 Å². The SMILES string of the molecule is Cc1cc(C(C)C)cc2c1C(=O)NC1CN(C(=O)O)CC21. The van der Waals surface area contributed by atoms with Gasteiger partial charge in [0.05, 0.1) is 6.04 Å². The Morgan fingerprint density at radius 1 is 1.38 bits per heavy atom. The van der Waals surface area contributed by atoms with Gasteiger partial charge in [0.2, 0.25) is 0 Å². The number of nitrogens with zero attached hydrogens (tertiary/aromatic N) is 1. The number of nitrogens with one attached hydrogen (secondary N) is 1. The number of benzene rings is 1. The maximum Gasteiger partial charge on any atom is 0.407 e. The Bertz CT molecular complexity index is 624. The highest BCUT2D eigenvalue weighted by Gasteiger charge is 2.42. The van der Waals surface area contributed by atoms with Crippen LogP contribution in [0, 0.1) is 6.92 Å². The molecule has 0 bridgehead atoms. The summed E-state index contributed by atoms with van der Waals surface area (Å²) in [6, 6.07) is 4.05. The molecule has 0 aliphatic carbocycles. The maximum absolute atomic E-state index is 12.3. The minimum atomic E-state index is -0.920. The summed E-state index contributed by atoms with van der Waals surface area (Å²) in [4.78, 5) is 24.9. The molecule has 1 aromatic rings. The number of hydrogen-bond donors (Lipinski definition) is 2. The number of carbonyl (C=O) groups is 2. The third-order valence-electron chi connectivity index (χ3n) is 4.59. The van der Waals surface area contributed by atoms with Crippen LogP contribution in [0.15, 0.2) is 12.1 Å². The van der Waals surface area contributed by atoms with Crippen molar-refractivity contribution >= 4 is 12.0 Å². The van der Waals surface area contributed by atoms with E-state index in [2.05, 4.69) is 31.3 Å². The molecule has 5 heteroatoms. The standard InChI is InChI=1S/C16H20N2O3/c1-8(2)10-4-9(3)14-11(5-10)12-6-18(16(20)21)7-13(12)17-15(14)19/h4-5,8,12-13H,6-7H2,1-3H3,(H,17,19)(H,20,21). The van der Waals surface area contributed by atoms with Gasteiger partial charge in [0.15, 0.2) is 0 Å². The molecule has 5 nitrogen and oxygen atoms in total. The highest BCUT2D eigenvalue weighted by molar-refractivity contribution is 5.99. The molecular weight excluding hydrogens is 268 g/mol. The molecule has 3 rings (SSSR count). The van der Waals surface area contributed by atoms with Crippen LogP contribution in [0.5, 0.6) is 0 Å². The van der Waals surface area contributed by atoms with E-state index in [9.17, 15) is 14.7 Å². The lowest BCUT2D eigenvalue weighted by Crippen LogP contribution is -2.44. The molecule has 2 atom stereocenters. The summed E-state index contributed by atoms with van der Waals surface area (Å²) < 4.78 is 0. The Labute approximate surface area is 123 Å². The van der Waals surface area contributed by atoms with Gasteiger partial charge in [-0.25, -0.2) is 4.79 Å². The number of likely N-dealkylation sites (tertiary alicyclic amines) is 1. The minimum absolute atomic E-state index is 0.0613. The predicted molar refractivity (Wildman–Crippen MR) is 78.9 cm³/mol. The lowest BCUT2D eigenvalue weighted by Gasteiger charge is -2.30. The molecule has 2 amide bonds. The second-order valence-electron chi connectivity index (χ2n) is 6.33. The lowest BCUT2D eigenvalue weighted by atomic mass is 9.82. The average molecular weight is 288 g/mol. The predicted octanol–water partition coefficient (Wildman–Crippen LogP) is 2.31. The molecule has 112 valence electrons. The summed E-state index contributed by atoms with van der Waals surface area (Å²) in [5, 5.41) is 12.1. The monoisotopic (exact) mass is 288 g/mol. The second-order valence-corrected chi connectivity index (χ2v) is 6.33. The number of hydrogen-bond acceptors (Lipinski definition) is 2. The van der Waals surface area contributed by atoms with Crippen molar-refractivity contribution < 1.29 is 14.7 Å². The van der Waals surface area contributed by atoms with Gasteiger partial charge in [0, 0.05) is 24.6 Å². The van der Waals surface area contributed by atoms with Crippen molar-refractivity contribution in [1.82, 2.24) is 10.2 Å². The van der Waals surface area contributed by atoms with E-state index in [1.807, 2.05) is 6.92 Å². The molecule has 2 N–H and O–H groups in total. The first-order valence-electron chi connectivity index (χ1n) is 7.31. The van der Waals surface area contributed by atoms with Gasteiger partial charge >= 0.3 is 6.09 Å². The molecular formula is C16H20N2O3. The molecule has 2 aliphatic rings. The Hall–Kier alpha value is -2.04. The van der Waals surface area contributed by atoms with Gasteiger partial charge in [-0.3, -0.25) is 4.79 Å². The first kappa shape index (κ1) is 13.9. The number of carbonyl (C=O) groups excluding carboxylic acids is 1. The summed E-state index contributed by atoms with van der Waals surface area (Å²) in [6.45, 7) is 7.03. The van der Waals surface area contributed by atoms with Gasteiger partial charge in [0.25, 0.3) is 5.91 Å². The molecule has 0 saturated carbocycles. The molecule has 2 unspecified atom stereocenters. The summed E-state index contributed by atoms with van der Waals surface area (Å²) in [5.41, 5.74) is 3.92. The van der Waals surface area contributed by atoms with Gasteiger partial charge < -0.3 is 15.3 Å². The van der Waals surface area contributed by atoms with Crippen LogP contribution >= 0.6 is 0 Å². The third kappa shape index (κ3) is 2.17. The summed E-state index contributed by atoms with van der Waals surface area (Å²) in [6.07, 6.45) is -0.920. The molecule has 0 aromatic heterocycles. The van der Waals surface area contributed by atoms with Crippen LogP contribution in [0.4, 0.5) is 4.79 Å². The zero-order valence-electron chi connectivity index (χ0n) is 12.5. The number of aryl methyl sites for hydroxylation is 1. The Morgan fingerprint density at radius 2 is 2.10 bits per heavy atom. The first-order chi connectivity index (χ1) is 9.88. The molecule has 1 aromatic carbocycles. The summed E-state index contributed by atoms with van der Waals surface area (Å²) in [7, 11) is 0. The van der Waals surface area contributed by atoms with Gasteiger partial charge in [0.1, 0.15) is 0 Å². The molecule has 0 radical (unpaired) electrons. The molecule has 21 heavy (non-hydrogen) atoms. The second kappa shape index (κ2) is 4.76. The normalized spacial score (nSPS) is 23.8. The van der Waals surface area contributed by atoms with Gasteiger partial charge in [-0.05, 0) is 29.5 Å². The van der Waals surface area contributed by atoms with E-state index in [1.165, 1.54) is 10.5 Å². The van der Waals surface area contributed by atoms with Crippen molar-refractivity contribution in [2.24, 2.45) is 0 Å². The average Bonchev–Trinajstić information content (AvgIpc) is 2.82. The van der Waals surface area contributed by atoms with Crippen molar-refractivity contribution in [3.8, 4) is 0 Å². The van der Waals surface area contributed by atoms with Crippen molar-refractivity contribution in [2.75, 3.05) is 13.1 Å². The number of rotatable bonds is 1. The smallest absolute Gasteiger partial charge is 0.407 e. The van der Waals surface area contributed by atoms with E-state index in [0.29, 0.717) is 19.0 Å². The molecule has 2 aliphatic heterocycles. The number of fused-ring (bicyclic) bond motifs is 3. The van der Waals surface area contributed by atoms with Crippen LogP contribution in [-0.2, 0) is 0 Å². The van der Waals surface area contributed by atoms with Crippen LogP contribution in [0.2, 0.25) is 0 Å². The highest BCUT2D eigenvalue weighted by Crippen LogP contribution is 2.37. The fraction of sp³-hybridized carbons (Fsp3) is 0.500. The van der Waals surface area contributed by atoms with Crippen molar-refractivity contribution in [1.29, 1.82) is 0 Å². The van der Waals surface area contributed by atoms with Crippen LogP contribution in [-0.4, -0.2) is 41.1 Å². The van der Waals surface area contributed by atoms with Gasteiger partial charge in [-0.2, -0.15) is 0 Å². The van der Waals surface area contributed by atoms with Crippen LogP contribution in [0.1, 0.15) is 52.7 Å². The fourth-order valence-electron chi connectivity index (χ4n) is 3.44. The van der Waals surface area contributed by atoms with E-state index in [-0.39, 0.29) is 17.9 Å². The molecule has 1 fully saturated rings. The zero-order valence-corrected chi connectivity index (χ0v) is 12.5. The summed E-state index contributed by atoms with van der Waals surface area (Å²) >= 11 is 0. The quantitative estimate of drug-likeness (QED) is 0.833. The van der Waals surface area contributed by atoms with E-state index in [1.54, 1.807) is 0 Å². The van der Waals surface area contributed by atoms with Crippen LogP contribution in [0.25, 0.3) is 0 Å². The molecule has 1 saturated heterocycles. The first-order valence-corrected chi connectivity index (χ1v) is 7.31. The Kier molecular flexibility index (Phi) is 3.15. The number of carboxylic acid groups (broad SMARTS) is 1. The van der Waals surface area contributed by atoms with Crippen LogP contribution in [0.3, 0.4) is 0 Å². The van der Waals surface area contributed by atoms with E-state index in [4.69, 9.17) is 0 Å².